The normalized spacial score (nSPS) is 12.3. The van der Waals surface area contributed by atoms with E-state index in [1.54, 1.807) is 26.2 Å². The van der Waals surface area contributed by atoms with Crippen molar-refractivity contribution in [3.05, 3.63) is 33.6 Å². The van der Waals surface area contributed by atoms with Gasteiger partial charge in [0.05, 0.1) is 19.2 Å². The van der Waals surface area contributed by atoms with E-state index < -0.39 is 11.5 Å². The number of esters is 1. The average Bonchev–Trinajstić information content (AvgIpc) is 2.61. The molecule has 0 atom stereocenters. The number of hydrogen-bond acceptors (Lipinski definition) is 5. The smallest absolute Gasteiger partial charge is 0.347 e. The molecule has 0 aliphatic carbocycles. The van der Waals surface area contributed by atoms with Crippen LogP contribution in [-0.4, -0.2) is 29.4 Å². The molecule has 1 N–H and O–H groups in total. The fourth-order valence-corrected chi connectivity index (χ4v) is 3.04. The van der Waals surface area contributed by atoms with Gasteiger partial charge in [0.15, 0.2) is 5.56 Å². The van der Waals surface area contributed by atoms with Crippen molar-refractivity contribution < 1.29 is 19.4 Å². The zero-order valence-corrected chi connectivity index (χ0v) is 14.5. The zero-order valence-electron chi connectivity index (χ0n) is 14.5. The highest BCUT2D eigenvalue weighted by atomic mass is 16.5. The molecule has 3 rings (SSSR count). The number of nitrogens with zero attached hydrogens (tertiary/aromatic N) is 1. The van der Waals surface area contributed by atoms with Crippen LogP contribution in [-0.2, 0) is 17.7 Å². The standard InChI is InChI=1S/C16H17NO5.C2H6/c1-3-22-16(20)12-14(18)10-6-7-11(21-2)9-5-4-8-17(13(9)10)15(12)19;1-2/h6-7,18H,3-5,8H2,1-2H3;1-2H3. The van der Waals surface area contributed by atoms with Crippen LogP contribution in [0.15, 0.2) is 16.9 Å². The Morgan fingerprint density at radius 2 is 2.04 bits per heavy atom. The van der Waals surface area contributed by atoms with Gasteiger partial charge in [-0.15, -0.1) is 0 Å². The quantitative estimate of drug-likeness (QED) is 0.874. The second-order valence-corrected chi connectivity index (χ2v) is 5.15. The van der Waals surface area contributed by atoms with Gasteiger partial charge in [-0.2, -0.15) is 0 Å². The van der Waals surface area contributed by atoms with Crippen molar-refractivity contribution >= 4 is 16.9 Å². The Labute approximate surface area is 140 Å². The molecule has 6 nitrogen and oxygen atoms in total. The Kier molecular flexibility index (Phi) is 5.49. The summed E-state index contributed by atoms with van der Waals surface area (Å²) in [6.45, 7) is 6.30. The zero-order chi connectivity index (χ0) is 17.9. The summed E-state index contributed by atoms with van der Waals surface area (Å²) in [5.41, 5.74) is 0.709. The number of aromatic hydroxyl groups is 1. The van der Waals surface area contributed by atoms with Crippen LogP contribution in [0.3, 0.4) is 0 Å². The molecule has 0 amide bonds. The number of aromatic nitrogens is 1. The Balaban J connectivity index is 0.00000100. The largest absolute Gasteiger partial charge is 0.506 e. The molecule has 2 aromatic rings. The van der Waals surface area contributed by atoms with Gasteiger partial charge in [0, 0.05) is 17.5 Å². The van der Waals surface area contributed by atoms with E-state index in [0.717, 1.165) is 18.4 Å². The van der Waals surface area contributed by atoms with Crippen LogP contribution in [0.5, 0.6) is 11.5 Å². The third-order valence-electron chi connectivity index (χ3n) is 3.97. The average molecular weight is 333 g/mol. The first-order valence-corrected chi connectivity index (χ1v) is 8.22. The van der Waals surface area contributed by atoms with Crippen LogP contribution in [0.25, 0.3) is 10.9 Å². The van der Waals surface area contributed by atoms with Crippen molar-refractivity contribution in [3.63, 3.8) is 0 Å². The number of rotatable bonds is 3. The van der Waals surface area contributed by atoms with Crippen molar-refractivity contribution in [2.75, 3.05) is 13.7 Å². The fraction of sp³-hybridized carbons (Fsp3) is 0.444. The molecule has 0 saturated heterocycles. The van der Waals surface area contributed by atoms with Crippen LogP contribution < -0.4 is 10.3 Å². The summed E-state index contributed by atoms with van der Waals surface area (Å²) in [6, 6.07) is 3.41. The number of methoxy groups -OCH3 is 1. The Morgan fingerprint density at radius 3 is 2.67 bits per heavy atom. The number of carbonyl (C=O) groups excluding carboxylic acids is 1. The van der Waals surface area contributed by atoms with Crippen LogP contribution in [0.2, 0.25) is 0 Å². The molecule has 0 spiro atoms. The third kappa shape index (κ3) is 2.72. The van der Waals surface area contributed by atoms with Crippen molar-refractivity contribution in [2.45, 2.75) is 40.2 Å². The van der Waals surface area contributed by atoms with Crippen LogP contribution in [0.4, 0.5) is 0 Å². The second kappa shape index (κ2) is 7.38. The summed E-state index contributed by atoms with van der Waals surface area (Å²) in [7, 11) is 1.57. The molecule has 0 radical (unpaired) electrons. The molecule has 130 valence electrons. The van der Waals surface area contributed by atoms with Gasteiger partial charge >= 0.3 is 5.97 Å². The molecule has 2 heterocycles. The maximum Gasteiger partial charge on any atom is 0.347 e. The lowest BCUT2D eigenvalue weighted by Gasteiger charge is -2.22. The van der Waals surface area contributed by atoms with Gasteiger partial charge in [-0.1, -0.05) is 13.8 Å². The molecular weight excluding hydrogens is 310 g/mol. The number of benzene rings is 1. The maximum absolute atomic E-state index is 12.6. The fourth-order valence-electron chi connectivity index (χ4n) is 3.04. The molecule has 1 aromatic heterocycles. The number of hydrogen-bond donors (Lipinski definition) is 1. The van der Waals surface area contributed by atoms with Gasteiger partial charge in [0.25, 0.3) is 5.56 Å². The highest BCUT2D eigenvalue weighted by Gasteiger charge is 2.27. The van der Waals surface area contributed by atoms with Crippen LogP contribution in [0, 0.1) is 0 Å². The van der Waals surface area contributed by atoms with E-state index in [9.17, 15) is 14.7 Å². The van der Waals surface area contributed by atoms with Crippen molar-refractivity contribution in [3.8, 4) is 11.5 Å². The summed E-state index contributed by atoms with van der Waals surface area (Å²) in [6.07, 6.45) is 1.54. The first kappa shape index (κ1) is 17.8. The van der Waals surface area contributed by atoms with Gasteiger partial charge in [0.2, 0.25) is 0 Å². The Morgan fingerprint density at radius 1 is 1.33 bits per heavy atom. The molecule has 1 aromatic carbocycles. The lowest BCUT2D eigenvalue weighted by molar-refractivity contribution is 0.0520. The van der Waals surface area contributed by atoms with Gasteiger partial charge in [-0.25, -0.2) is 4.79 Å². The molecule has 1 aliphatic rings. The minimum atomic E-state index is -0.793. The Hall–Kier alpha value is -2.50. The van der Waals surface area contributed by atoms with Crippen molar-refractivity contribution in [1.82, 2.24) is 4.57 Å². The first-order chi connectivity index (χ1) is 11.6. The molecular formula is C18H23NO5. The highest BCUT2D eigenvalue weighted by Crippen LogP contribution is 2.36. The second-order valence-electron chi connectivity index (χ2n) is 5.15. The predicted molar refractivity (Wildman–Crippen MR) is 92.1 cm³/mol. The molecule has 0 saturated carbocycles. The van der Waals surface area contributed by atoms with E-state index in [2.05, 4.69) is 0 Å². The van der Waals surface area contributed by atoms with Gasteiger partial charge < -0.3 is 19.1 Å². The lowest BCUT2D eigenvalue weighted by atomic mass is 9.98. The van der Waals surface area contributed by atoms with E-state index in [-0.39, 0.29) is 17.9 Å². The Bertz CT molecular complexity index is 822. The number of pyridine rings is 1. The van der Waals surface area contributed by atoms with E-state index >= 15 is 0 Å². The minimum absolute atomic E-state index is 0.142. The first-order valence-electron chi connectivity index (χ1n) is 8.22. The monoisotopic (exact) mass is 333 g/mol. The molecule has 1 aliphatic heterocycles. The summed E-state index contributed by atoms with van der Waals surface area (Å²) in [5.74, 6) is -0.428. The van der Waals surface area contributed by atoms with E-state index in [1.165, 1.54) is 4.57 Å². The molecule has 0 fully saturated rings. The van der Waals surface area contributed by atoms with E-state index in [0.29, 0.717) is 23.2 Å². The topological polar surface area (TPSA) is 77.8 Å². The summed E-state index contributed by atoms with van der Waals surface area (Å²) in [5, 5.41) is 10.9. The summed E-state index contributed by atoms with van der Waals surface area (Å²) < 4.78 is 11.8. The predicted octanol–water partition coefficient (Wildman–Crippen LogP) is 2.86. The van der Waals surface area contributed by atoms with Crippen LogP contribution >= 0.6 is 0 Å². The van der Waals surface area contributed by atoms with Crippen molar-refractivity contribution in [1.29, 1.82) is 0 Å². The van der Waals surface area contributed by atoms with Gasteiger partial charge in [-0.3, -0.25) is 4.79 Å². The van der Waals surface area contributed by atoms with Crippen molar-refractivity contribution in [2.24, 2.45) is 0 Å². The summed E-state index contributed by atoms with van der Waals surface area (Å²) >= 11 is 0. The van der Waals surface area contributed by atoms with Gasteiger partial charge in [0.1, 0.15) is 11.5 Å². The SMILES string of the molecule is CC.CCOC(=O)c1c(O)c2ccc(OC)c3c2n(c1=O)CCC3. The third-order valence-corrected chi connectivity index (χ3v) is 3.97. The van der Waals surface area contributed by atoms with E-state index in [4.69, 9.17) is 9.47 Å². The maximum atomic E-state index is 12.6. The highest BCUT2D eigenvalue weighted by molar-refractivity contribution is 6.01. The summed E-state index contributed by atoms with van der Waals surface area (Å²) in [4.78, 5) is 24.6. The molecule has 0 bridgehead atoms. The lowest BCUT2D eigenvalue weighted by Crippen LogP contribution is -2.30. The number of carbonyl (C=O) groups is 1. The molecule has 24 heavy (non-hydrogen) atoms. The van der Waals surface area contributed by atoms with Gasteiger partial charge in [-0.05, 0) is 31.9 Å². The molecule has 0 unspecified atom stereocenters. The minimum Gasteiger partial charge on any atom is -0.506 e. The van der Waals surface area contributed by atoms with E-state index in [1.807, 2.05) is 13.8 Å². The molecule has 6 heteroatoms. The number of ether oxygens (including phenoxy) is 2. The number of aryl methyl sites for hydroxylation is 2. The van der Waals surface area contributed by atoms with Crippen LogP contribution in [0.1, 0.15) is 43.1 Å².